The maximum Gasteiger partial charge on any atom is 0.325 e. The van der Waals surface area contributed by atoms with Crippen LogP contribution in [0.25, 0.3) is 0 Å². The molecule has 25 heavy (non-hydrogen) atoms. The predicted molar refractivity (Wildman–Crippen MR) is 92.5 cm³/mol. The molecule has 4 rings (SSSR count). The van der Waals surface area contributed by atoms with Gasteiger partial charge in [0.1, 0.15) is 5.82 Å². The predicted octanol–water partition coefficient (Wildman–Crippen LogP) is 2.43. The molecular weight excluding hydrogens is 343 g/mol. The minimum absolute atomic E-state index is 0.0610. The number of nitrogens with zero attached hydrogens (tertiary/aromatic N) is 2. The van der Waals surface area contributed by atoms with E-state index in [9.17, 15) is 17.6 Å². The number of hydrogen-bond acceptors (Lipinski definition) is 3. The summed E-state index contributed by atoms with van der Waals surface area (Å²) < 4.78 is 38.3. The fourth-order valence-corrected chi connectivity index (χ4v) is 5.61. The molecule has 0 radical (unpaired) electrons. The minimum atomic E-state index is -3.23. The molecule has 2 heterocycles. The third kappa shape index (κ3) is 2.78. The van der Waals surface area contributed by atoms with E-state index in [2.05, 4.69) is 0 Å². The number of urea groups is 1. The zero-order valence-corrected chi connectivity index (χ0v) is 14.2. The lowest BCUT2D eigenvalue weighted by atomic mass is 10.1. The Morgan fingerprint density at radius 2 is 1.60 bits per heavy atom. The smallest absolute Gasteiger partial charge is 0.314 e. The van der Waals surface area contributed by atoms with E-state index >= 15 is 0 Å². The molecule has 2 atom stereocenters. The number of carbonyl (C=O) groups excluding carboxylic acids is 1. The molecule has 0 bridgehead atoms. The van der Waals surface area contributed by atoms with E-state index < -0.39 is 27.7 Å². The van der Waals surface area contributed by atoms with Gasteiger partial charge in [0.15, 0.2) is 9.84 Å². The van der Waals surface area contributed by atoms with Gasteiger partial charge in [-0.05, 0) is 18.2 Å². The Morgan fingerprint density at radius 3 is 2.32 bits per heavy atom. The van der Waals surface area contributed by atoms with Crippen molar-refractivity contribution in [3.8, 4) is 0 Å². The van der Waals surface area contributed by atoms with Crippen LogP contribution in [0.15, 0.2) is 54.6 Å². The zero-order chi connectivity index (χ0) is 17.6. The Bertz CT molecular complexity index is 917. The first-order chi connectivity index (χ1) is 12.0. The monoisotopic (exact) mass is 360 g/mol. The average Bonchev–Trinajstić information content (AvgIpc) is 3.01. The first kappa shape index (κ1) is 16.1. The Labute approximate surface area is 145 Å². The van der Waals surface area contributed by atoms with E-state index in [0.717, 1.165) is 0 Å². The van der Waals surface area contributed by atoms with Gasteiger partial charge in [-0.15, -0.1) is 0 Å². The summed E-state index contributed by atoms with van der Waals surface area (Å²) in [6.45, 7) is 0.0610. The molecule has 0 saturated carbocycles. The van der Waals surface area contributed by atoms with Gasteiger partial charge < -0.3 is 4.90 Å². The molecule has 0 spiro atoms. The Hall–Kier alpha value is -2.41. The van der Waals surface area contributed by atoms with Gasteiger partial charge >= 0.3 is 6.03 Å². The molecule has 2 aliphatic heterocycles. The molecule has 5 nitrogen and oxygen atoms in total. The highest BCUT2D eigenvalue weighted by Crippen LogP contribution is 2.35. The van der Waals surface area contributed by atoms with Crippen molar-refractivity contribution < 1.29 is 17.6 Å². The van der Waals surface area contributed by atoms with E-state index in [1.807, 2.05) is 6.07 Å². The van der Waals surface area contributed by atoms with Crippen LogP contribution >= 0.6 is 0 Å². The number of amides is 2. The standard InChI is InChI=1S/C18H17FN2O3S/c19-15-9-5-4-6-13(15)10-20-16-11-25(23,24)12-17(16)21(18(20)22)14-7-2-1-3-8-14/h1-9,16-17H,10-12H2/t16-,17+/m0/s1. The van der Waals surface area contributed by atoms with E-state index in [1.54, 1.807) is 42.5 Å². The third-order valence-electron chi connectivity index (χ3n) is 4.81. The Balaban J connectivity index is 1.72. The van der Waals surface area contributed by atoms with Crippen LogP contribution in [0.2, 0.25) is 0 Å². The van der Waals surface area contributed by atoms with E-state index in [4.69, 9.17) is 0 Å². The molecule has 2 aromatic rings. The highest BCUT2D eigenvalue weighted by molar-refractivity contribution is 7.91. The van der Waals surface area contributed by atoms with Gasteiger partial charge in [0, 0.05) is 11.3 Å². The summed E-state index contributed by atoms with van der Waals surface area (Å²) in [6, 6.07) is 14.1. The van der Waals surface area contributed by atoms with Crippen molar-refractivity contribution in [1.82, 2.24) is 4.90 Å². The number of para-hydroxylation sites is 1. The highest BCUT2D eigenvalue weighted by Gasteiger charge is 2.53. The lowest BCUT2D eigenvalue weighted by Crippen LogP contribution is -2.37. The molecule has 2 aliphatic rings. The summed E-state index contributed by atoms with van der Waals surface area (Å²) in [5, 5.41) is 0. The van der Waals surface area contributed by atoms with Crippen LogP contribution in [0.4, 0.5) is 14.9 Å². The summed E-state index contributed by atoms with van der Waals surface area (Å²) in [6.07, 6.45) is 0. The van der Waals surface area contributed by atoms with Crippen molar-refractivity contribution in [3.63, 3.8) is 0 Å². The topological polar surface area (TPSA) is 57.7 Å². The van der Waals surface area contributed by atoms with Crippen molar-refractivity contribution in [1.29, 1.82) is 0 Å². The van der Waals surface area contributed by atoms with E-state index in [1.165, 1.54) is 15.9 Å². The van der Waals surface area contributed by atoms with Gasteiger partial charge in [-0.25, -0.2) is 17.6 Å². The molecule has 2 saturated heterocycles. The quantitative estimate of drug-likeness (QED) is 0.790. The summed E-state index contributed by atoms with van der Waals surface area (Å²) in [7, 11) is -3.23. The SMILES string of the molecule is O=C1N(Cc2ccccc2F)[C@H]2CS(=O)(=O)C[C@H]2N1c1ccccc1. The second-order valence-corrected chi connectivity index (χ2v) is 8.57. The first-order valence-corrected chi connectivity index (χ1v) is 9.87. The summed E-state index contributed by atoms with van der Waals surface area (Å²) >= 11 is 0. The normalized spacial score (nSPS) is 24.6. The summed E-state index contributed by atoms with van der Waals surface area (Å²) in [4.78, 5) is 16.0. The molecule has 7 heteroatoms. The van der Waals surface area contributed by atoms with Crippen LogP contribution in [0.5, 0.6) is 0 Å². The van der Waals surface area contributed by atoms with Crippen molar-refractivity contribution >= 4 is 21.6 Å². The number of anilines is 1. The van der Waals surface area contributed by atoms with Crippen molar-refractivity contribution in [3.05, 3.63) is 66.0 Å². The number of rotatable bonds is 3. The number of hydrogen-bond donors (Lipinski definition) is 0. The van der Waals surface area contributed by atoms with Crippen LogP contribution in [0.3, 0.4) is 0 Å². The van der Waals surface area contributed by atoms with Crippen LogP contribution in [0, 0.1) is 5.82 Å². The number of halogens is 1. The number of sulfone groups is 1. The lowest BCUT2D eigenvalue weighted by molar-refractivity contribution is 0.205. The number of fused-ring (bicyclic) bond motifs is 1. The maximum absolute atomic E-state index is 14.0. The fraction of sp³-hybridized carbons (Fsp3) is 0.278. The number of benzene rings is 2. The van der Waals surface area contributed by atoms with Crippen LogP contribution in [0.1, 0.15) is 5.56 Å². The van der Waals surface area contributed by atoms with Crippen LogP contribution < -0.4 is 4.90 Å². The molecule has 0 aliphatic carbocycles. The molecule has 2 amide bonds. The molecule has 2 fully saturated rings. The fourth-order valence-electron chi connectivity index (χ4n) is 3.66. The van der Waals surface area contributed by atoms with Gasteiger partial charge in [-0.3, -0.25) is 4.90 Å². The van der Waals surface area contributed by atoms with E-state index in [-0.39, 0.29) is 24.1 Å². The van der Waals surface area contributed by atoms with Gasteiger partial charge in [0.25, 0.3) is 0 Å². The lowest BCUT2D eigenvalue weighted by Gasteiger charge is -2.22. The van der Waals surface area contributed by atoms with Crippen LogP contribution in [-0.4, -0.2) is 42.9 Å². The maximum atomic E-state index is 14.0. The largest absolute Gasteiger partial charge is 0.325 e. The second kappa shape index (κ2) is 5.84. The van der Waals surface area contributed by atoms with Gasteiger partial charge in [-0.1, -0.05) is 36.4 Å². The average molecular weight is 360 g/mol. The second-order valence-electron chi connectivity index (χ2n) is 6.42. The highest BCUT2D eigenvalue weighted by atomic mass is 32.2. The van der Waals surface area contributed by atoms with Gasteiger partial charge in [0.05, 0.1) is 30.1 Å². The van der Waals surface area contributed by atoms with Crippen molar-refractivity contribution in [2.75, 3.05) is 16.4 Å². The van der Waals surface area contributed by atoms with Gasteiger partial charge in [0.2, 0.25) is 0 Å². The molecule has 0 aromatic heterocycles. The first-order valence-electron chi connectivity index (χ1n) is 8.05. The minimum Gasteiger partial charge on any atom is -0.314 e. The summed E-state index contributed by atoms with van der Waals surface area (Å²) in [5.74, 6) is -0.543. The molecule has 130 valence electrons. The Morgan fingerprint density at radius 1 is 0.960 bits per heavy atom. The van der Waals surface area contributed by atoms with Crippen molar-refractivity contribution in [2.24, 2.45) is 0 Å². The molecule has 2 aromatic carbocycles. The van der Waals surface area contributed by atoms with Gasteiger partial charge in [-0.2, -0.15) is 0 Å². The van der Waals surface area contributed by atoms with E-state index in [0.29, 0.717) is 11.3 Å². The third-order valence-corrected chi connectivity index (χ3v) is 6.51. The zero-order valence-electron chi connectivity index (χ0n) is 13.4. The van der Waals surface area contributed by atoms with Crippen LogP contribution in [-0.2, 0) is 16.4 Å². The Kier molecular flexibility index (Phi) is 3.76. The molecular formula is C18H17FN2O3S. The number of carbonyl (C=O) groups is 1. The molecule has 0 N–H and O–H groups in total. The molecule has 0 unspecified atom stereocenters. The summed E-state index contributed by atoms with van der Waals surface area (Å²) in [5.41, 5.74) is 1.05. The van der Waals surface area contributed by atoms with Crippen molar-refractivity contribution in [2.45, 2.75) is 18.6 Å².